The van der Waals surface area contributed by atoms with Crippen molar-refractivity contribution >= 4 is 5.91 Å². The van der Waals surface area contributed by atoms with E-state index in [0.717, 1.165) is 0 Å². The van der Waals surface area contributed by atoms with Gasteiger partial charge in [0.1, 0.15) is 18.5 Å². The molecule has 0 unspecified atom stereocenters. The van der Waals surface area contributed by atoms with Crippen molar-refractivity contribution in [3.8, 4) is 6.07 Å². The van der Waals surface area contributed by atoms with Gasteiger partial charge >= 0.3 is 0 Å². The Labute approximate surface area is 98.2 Å². The highest BCUT2D eigenvalue weighted by molar-refractivity contribution is 5.78. The average Bonchev–Trinajstić information content (AvgIpc) is 2.34. The normalized spacial score (nSPS) is 15.8. The van der Waals surface area contributed by atoms with Gasteiger partial charge in [0.2, 0.25) is 5.91 Å². The Balaban J connectivity index is 2.18. The molecule has 0 bridgehead atoms. The zero-order valence-electron chi connectivity index (χ0n) is 9.15. The van der Waals surface area contributed by atoms with Gasteiger partial charge in [-0.1, -0.05) is 12.1 Å². The van der Waals surface area contributed by atoms with Gasteiger partial charge in [-0.15, -0.1) is 0 Å². The third-order valence-electron chi connectivity index (χ3n) is 2.64. The molecule has 0 aliphatic carbocycles. The number of halogens is 1. The van der Waals surface area contributed by atoms with E-state index in [4.69, 9.17) is 10.00 Å². The predicted octanol–water partition coefficient (Wildman–Crippen LogP) is 1.06. The van der Waals surface area contributed by atoms with Gasteiger partial charge in [0.15, 0.2) is 0 Å². The van der Waals surface area contributed by atoms with Gasteiger partial charge in [0, 0.05) is 18.7 Å². The van der Waals surface area contributed by atoms with Gasteiger partial charge in [-0.25, -0.2) is 4.39 Å². The highest BCUT2D eigenvalue weighted by Crippen LogP contribution is 2.15. The standard InChI is InChI=1S/C12H11FN2O2/c13-12-9(6-14)2-1-3-10(12)7-15-4-5-17-8-11(15)16/h1-3H,4-5,7-8H2. The van der Waals surface area contributed by atoms with E-state index in [1.165, 1.54) is 11.0 Å². The van der Waals surface area contributed by atoms with Crippen molar-refractivity contribution in [2.24, 2.45) is 0 Å². The summed E-state index contributed by atoms with van der Waals surface area (Å²) < 4.78 is 18.8. The summed E-state index contributed by atoms with van der Waals surface area (Å²) in [6, 6.07) is 6.39. The molecule has 2 rings (SSSR count). The smallest absolute Gasteiger partial charge is 0.248 e. The lowest BCUT2D eigenvalue weighted by molar-refractivity contribution is -0.143. The van der Waals surface area contributed by atoms with Crippen molar-refractivity contribution in [2.75, 3.05) is 19.8 Å². The highest BCUT2D eigenvalue weighted by atomic mass is 19.1. The maximum atomic E-state index is 13.8. The first kappa shape index (κ1) is 11.6. The molecule has 88 valence electrons. The van der Waals surface area contributed by atoms with Crippen molar-refractivity contribution in [1.82, 2.24) is 4.90 Å². The molecular weight excluding hydrogens is 223 g/mol. The van der Waals surface area contributed by atoms with Crippen LogP contribution >= 0.6 is 0 Å². The Kier molecular flexibility index (Phi) is 3.35. The van der Waals surface area contributed by atoms with Crippen LogP contribution in [0.3, 0.4) is 0 Å². The molecule has 0 radical (unpaired) electrons. The van der Waals surface area contributed by atoms with Gasteiger partial charge in [0.25, 0.3) is 0 Å². The number of hydrogen-bond acceptors (Lipinski definition) is 3. The van der Waals surface area contributed by atoms with E-state index >= 15 is 0 Å². The minimum atomic E-state index is -0.547. The number of carbonyl (C=O) groups is 1. The lowest BCUT2D eigenvalue weighted by Gasteiger charge is -2.26. The van der Waals surface area contributed by atoms with Crippen molar-refractivity contribution in [3.05, 3.63) is 35.1 Å². The second kappa shape index (κ2) is 4.93. The molecule has 1 aromatic rings. The van der Waals surface area contributed by atoms with Crippen LogP contribution in [0.4, 0.5) is 4.39 Å². The van der Waals surface area contributed by atoms with Crippen LogP contribution in [0.1, 0.15) is 11.1 Å². The topological polar surface area (TPSA) is 53.3 Å². The molecule has 1 saturated heterocycles. The predicted molar refractivity (Wildman–Crippen MR) is 57.4 cm³/mol. The van der Waals surface area contributed by atoms with E-state index in [9.17, 15) is 9.18 Å². The van der Waals surface area contributed by atoms with E-state index in [-0.39, 0.29) is 24.6 Å². The monoisotopic (exact) mass is 234 g/mol. The molecule has 0 N–H and O–H groups in total. The molecule has 0 saturated carbocycles. The number of benzene rings is 1. The number of ether oxygens (including phenoxy) is 1. The summed E-state index contributed by atoms with van der Waals surface area (Å²) in [5.74, 6) is -0.702. The number of rotatable bonds is 2. The molecule has 5 heteroatoms. The summed E-state index contributed by atoms with van der Waals surface area (Å²) in [5, 5.41) is 8.71. The summed E-state index contributed by atoms with van der Waals surface area (Å²) in [6.45, 7) is 1.14. The zero-order chi connectivity index (χ0) is 12.3. The fourth-order valence-corrected chi connectivity index (χ4v) is 1.71. The first-order valence-electron chi connectivity index (χ1n) is 5.25. The van der Waals surface area contributed by atoms with Gasteiger partial charge < -0.3 is 9.64 Å². The van der Waals surface area contributed by atoms with Gasteiger partial charge in [-0.05, 0) is 6.07 Å². The summed E-state index contributed by atoms with van der Waals surface area (Å²) in [5.41, 5.74) is 0.363. The molecule has 4 nitrogen and oxygen atoms in total. The van der Waals surface area contributed by atoms with Crippen LogP contribution in [0.2, 0.25) is 0 Å². The minimum Gasteiger partial charge on any atom is -0.370 e. The molecule has 1 fully saturated rings. The van der Waals surface area contributed by atoms with Gasteiger partial charge in [-0.2, -0.15) is 5.26 Å². The molecule has 1 heterocycles. The van der Waals surface area contributed by atoms with Crippen LogP contribution in [0.25, 0.3) is 0 Å². The highest BCUT2D eigenvalue weighted by Gasteiger charge is 2.20. The van der Waals surface area contributed by atoms with E-state index in [1.807, 2.05) is 0 Å². The van der Waals surface area contributed by atoms with Crippen molar-refractivity contribution in [3.63, 3.8) is 0 Å². The third-order valence-corrected chi connectivity index (χ3v) is 2.64. The van der Waals surface area contributed by atoms with Crippen LogP contribution in [0.5, 0.6) is 0 Å². The molecule has 0 atom stereocenters. The molecule has 1 aromatic carbocycles. The number of carbonyl (C=O) groups excluding carboxylic acids is 1. The maximum absolute atomic E-state index is 13.8. The quantitative estimate of drug-likeness (QED) is 0.768. The van der Waals surface area contributed by atoms with Crippen LogP contribution in [-0.4, -0.2) is 30.6 Å². The fourth-order valence-electron chi connectivity index (χ4n) is 1.71. The average molecular weight is 234 g/mol. The minimum absolute atomic E-state index is 0.00297. The zero-order valence-corrected chi connectivity index (χ0v) is 9.15. The fraction of sp³-hybridized carbons (Fsp3) is 0.333. The third kappa shape index (κ3) is 2.43. The SMILES string of the molecule is N#Cc1cccc(CN2CCOCC2=O)c1F. The first-order valence-corrected chi connectivity index (χ1v) is 5.25. The van der Waals surface area contributed by atoms with Crippen LogP contribution in [-0.2, 0) is 16.1 Å². The molecule has 1 aliphatic rings. The second-order valence-corrected chi connectivity index (χ2v) is 3.76. The number of nitriles is 1. The van der Waals surface area contributed by atoms with Gasteiger partial charge in [-0.3, -0.25) is 4.79 Å². The Morgan fingerprint density at radius 1 is 1.53 bits per heavy atom. The van der Waals surface area contributed by atoms with Crippen molar-refractivity contribution in [2.45, 2.75) is 6.54 Å². The Morgan fingerprint density at radius 3 is 3.06 bits per heavy atom. The Morgan fingerprint density at radius 2 is 2.35 bits per heavy atom. The van der Waals surface area contributed by atoms with E-state index in [1.54, 1.807) is 18.2 Å². The van der Waals surface area contributed by atoms with Gasteiger partial charge in [0.05, 0.1) is 12.2 Å². The number of amides is 1. The van der Waals surface area contributed by atoms with Crippen LogP contribution in [0.15, 0.2) is 18.2 Å². The molecule has 0 aromatic heterocycles. The number of morpholine rings is 1. The van der Waals surface area contributed by atoms with Crippen molar-refractivity contribution < 1.29 is 13.9 Å². The van der Waals surface area contributed by atoms with E-state index in [0.29, 0.717) is 18.7 Å². The lowest BCUT2D eigenvalue weighted by atomic mass is 10.1. The summed E-state index contributed by atoms with van der Waals surface area (Å²) in [6.07, 6.45) is 0. The van der Waals surface area contributed by atoms with Crippen LogP contribution < -0.4 is 0 Å². The largest absolute Gasteiger partial charge is 0.370 e. The molecule has 1 amide bonds. The Bertz CT molecular complexity index is 482. The number of nitrogens with zero attached hydrogens (tertiary/aromatic N) is 2. The summed E-state index contributed by atoms with van der Waals surface area (Å²) in [4.78, 5) is 13.0. The van der Waals surface area contributed by atoms with Crippen molar-refractivity contribution in [1.29, 1.82) is 5.26 Å². The summed E-state index contributed by atoms with van der Waals surface area (Å²) in [7, 11) is 0. The maximum Gasteiger partial charge on any atom is 0.248 e. The van der Waals surface area contributed by atoms with E-state index in [2.05, 4.69) is 0 Å². The number of hydrogen-bond donors (Lipinski definition) is 0. The first-order chi connectivity index (χ1) is 8.22. The molecule has 0 spiro atoms. The van der Waals surface area contributed by atoms with Crippen LogP contribution in [0, 0.1) is 17.1 Å². The molecule has 1 aliphatic heterocycles. The molecular formula is C12H11FN2O2. The molecule has 17 heavy (non-hydrogen) atoms. The Hall–Kier alpha value is -1.93. The second-order valence-electron chi connectivity index (χ2n) is 3.76. The summed E-state index contributed by atoms with van der Waals surface area (Å²) >= 11 is 0. The lowest BCUT2D eigenvalue weighted by Crippen LogP contribution is -2.41. The van der Waals surface area contributed by atoms with E-state index < -0.39 is 5.82 Å².